The molecule has 0 bridgehead atoms. The van der Waals surface area contributed by atoms with E-state index in [9.17, 15) is 34.8 Å². The molecule has 0 aliphatic rings. The van der Waals surface area contributed by atoms with Crippen molar-refractivity contribution in [3.8, 4) is 17.2 Å². The lowest BCUT2D eigenvalue weighted by Crippen LogP contribution is -2.36. The maximum absolute atomic E-state index is 12.7. The van der Waals surface area contributed by atoms with E-state index >= 15 is 0 Å². The quantitative estimate of drug-likeness (QED) is 0.0683. The number of rotatable bonds is 15. The number of aliphatic hydroxyl groups is 2. The molecule has 0 spiro atoms. The molecule has 0 fully saturated rings. The summed E-state index contributed by atoms with van der Waals surface area (Å²) in [7, 11) is 1.53. The number of carboxylic acids is 1. The SMILES string of the molecule is COc1cc(NC(=O)NCc2ccc(COc3cccc(C(O)(C(=O)O)c4ccccc4)c3)cc2)ccc1CNCC(O)c1ccc(O)c2[nH]c(=O)ccc12. The summed E-state index contributed by atoms with van der Waals surface area (Å²) in [6.07, 6.45) is -0.923. The molecule has 0 aliphatic heterocycles. The van der Waals surface area contributed by atoms with Crippen LogP contribution in [0.1, 0.15) is 39.5 Å². The van der Waals surface area contributed by atoms with Gasteiger partial charge in [-0.2, -0.15) is 0 Å². The van der Waals surface area contributed by atoms with Gasteiger partial charge in [0.15, 0.2) is 0 Å². The second-order valence-corrected chi connectivity index (χ2v) is 12.8. The van der Waals surface area contributed by atoms with Gasteiger partial charge >= 0.3 is 12.0 Å². The van der Waals surface area contributed by atoms with Gasteiger partial charge in [0.2, 0.25) is 11.2 Å². The Morgan fingerprint density at radius 2 is 1.58 bits per heavy atom. The summed E-state index contributed by atoms with van der Waals surface area (Å²) in [5.41, 5.74) is 1.64. The number of anilines is 1. The van der Waals surface area contributed by atoms with Crippen LogP contribution in [0.15, 0.2) is 126 Å². The van der Waals surface area contributed by atoms with Crippen LogP contribution >= 0.6 is 0 Å². The molecule has 0 saturated carbocycles. The van der Waals surface area contributed by atoms with Crippen LogP contribution < -0.4 is 31.0 Å². The van der Waals surface area contributed by atoms with Crippen molar-refractivity contribution in [3.63, 3.8) is 0 Å². The van der Waals surface area contributed by atoms with Crippen LogP contribution in [0.4, 0.5) is 10.5 Å². The number of carbonyl (C=O) groups is 2. The zero-order chi connectivity index (χ0) is 39.0. The zero-order valence-electron chi connectivity index (χ0n) is 29.8. The summed E-state index contributed by atoms with van der Waals surface area (Å²) in [6.45, 7) is 0.994. The third-order valence-electron chi connectivity index (χ3n) is 9.10. The van der Waals surface area contributed by atoms with Crippen molar-refractivity contribution in [3.05, 3.63) is 165 Å². The fourth-order valence-corrected chi connectivity index (χ4v) is 6.15. The number of aliphatic hydroxyl groups excluding tert-OH is 1. The summed E-state index contributed by atoms with van der Waals surface area (Å²) in [6, 6.07) is 32.8. The Kier molecular flexibility index (Phi) is 11.8. The molecule has 1 heterocycles. The minimum Gasteiger partial charge on any atom is -0.506 e. The zero-order valence-corrected chi connectivity index (χ0v) is 29.8. The topological polar surface area (TPSA) is 202 Å². The molecule has 0 saturated heterocycles. The van der Waals surface area contributed by atoms with E-state index in [1.165, 1.54) is 25.3 Å². The highest BCUT2D eigenvalue weighted by atomic mass is 16.5. The lowest BCUT2D eigenvalue weighted by molar-refractivity contribution is -0.155. The van der Waals surface area contributed by atoms with Gasteiger partial charge < -0.3 is 50.8 Å². The van der Waals surface area contributed by atoms with Crippen LogP contribution in [-0.2, 0) is 30.1 Å². The second-order valence-electron chi connectivity index (χ2n) is 12.8. The highest BCUT2D eigenvalue weighted by molar-refractivity contribution is 5.89. The van der Waals surface area contributed by atoms with Crippen molar-refractivity contribution in [1.29, 1.82) is 0 Å². The number of phenols is 1. The van der Waals surface area contributed by atoms with Crippen molar-refractivity contribution in [2.75, 3.05) is 19.0 Å². The van der Waals surface area contributed by atoms with Crippen LogP contribution in [0.25, 0.3) is 10.9 Å². The number of aromatic amines is 1. The van der Waals surface area contributed by atoms with E-state index in [0.29, 0.717) is 34.7 Å². The first-order valence-corrected chi connectivity index (χ1v) is 17.3. The largest absolute Gasteiger partial charge is 0.506 e. The minimum atomic E-state index is -2.24. The normalized spacial score (nSPS) is 12.7. The molecule has 2 amide bonds. The first-order chi connectivity index (χ1) is 26.5. The maximum Gasteiger partial charge on any atom is 0.345 e. The number of urea groups is 1. The predicted molar refractivity (Wildman–Crippen MR) is 206 cm³/mol. The number of H-pyrrole nitrogens is 1. The number of hydrogen-bond donors (Lipinski definition) is 8. The number of amides is 2. The lowest BCUT2D eigenvalue weighted by atomic mass is 9.86. The Balaban J connectivity index is 0.977. The van der Waals surface area contributed by atoms with Gasteiger partial charge in [0.05, 0.1) is 18.7 Å². The monoisotopic (exact) mass is 744 g/mol. The molecule has 55 heavy (non-hydrogen) atoms. The Morgan fingerprint density at radius 1 is 0.836 bits per heavy atom. The van der Waals surface area contributed by atoms with Crippen molar-refractivity contribution in [2.24, 2.45) is 0 Å². The number of nitrogens with one attached hydrogen (secondary N) is 4. The van der Waals surface area contributed by atoms with Gasteiger partial charge in [0, 0.05) is 54.0 Å². The molecule has 5 aromatic carbocycles. The first-order valence-electron chi connectivity index (χ1n) is 17.3. The average Bonchev–Trinajstić information content (AvgIpc) is 3.20. The minimum absolute atomic E-state index is 0.0811. The molecular weight excluding hydrogens is 704 g/mol. The molecule has 1 aromatic heterocycles. The number of phenolic OH excluding ortho intramolecular Hbond substituents is 1. The molecule has 282 valence electrons. The van der Waals surface area contributed by atoms with Crippen molar-refractivity contribution in [2.45, 2.75) is 31.4 Å². The number of pyridine rings is 1. The van der Waals surface area contributed by atoms with E-state index in [1.54, 1.807) is 78.9 Å². The molecule has 0 radical (unpaired) electrons. The highest BCUT2D eigenvalue weighted by Gasteiger charge is 2.40. The summed E-state index contributed by atoms with van der Waals surface area (Å²) in [5, 5.41) is 51.4. The number of benzene rings is 5. The van der Waals surface area contributed by atoms with Crippen molar-refractivity contribution in [1.82, 2.24) is 15.6 Å². The Morgan fingerprint density at radius 3 is 2.33 bits per heavy atom. The third kappa shape index (κ3) is 8.93. The average molecular weight is 745 g/mol. The molecule has 2 unspecified atom stereocenters. The standard InChI is InChI=1S/C42H40N4O9/c1-54-37-21-31(15-14-28(37)23-43-24-36(48)33-16-18-35(47)39-34(33)17-19-38(49)46-39)45-41(52)44-22-26-10-12-27(13-11-26)25-55-32-9-5-8-30(20-32)42(53,40(50)51)29-6-3-2-4-7-29/h2-21,36,43,47-48,53H,22-25H2,1H3,(H,46,49)(H,50,51)(H2,44,45,52). The van der Waals surface area contributed by atoms with Crippen LogP contribution in [0.5, 0.6) is 17.2 Å². The fourth-order valence-electron chi connectivity index (χ4n) is 6.15. The fraction of sp³-hybridized carbons (Fsp3) is 0.167. The Labute approximate surface area is 315 Å². The van der Waals surface area contributed by atoms with Crippen LogP contribution in [0.2, 0.25) is 0 Å². The van der Waals surface area contributed by atoms with E-state index in [-0.39, 0.29) is 47.6 Å². The molecule has 6 rings (SSSR count). The van der Waals surface area contributed by atoms with E-state index in [2.05, 4.69) is 20.9 Å². The van der Waals surface area contributed by atoms with E-state index in [4.69, 9.17) is 9.47 Å². The number of aromatic nitrogens is 1. The summed E-state index contributed by atoms with van der Waals surface area (Å²) >= 11 is 0. The summed E-state index contributed by atoms with van der Waals surface area (Å²) < 4.78 is 11.5. The molecule has 13 heteroatoms. The number of methoxy groups -OCH3 is 1. The van der Waals surface area contributed by atoms with Crippen molar-refractivity contribution >= 4 is 28.6 Å². The van der Waals surface area contributed by atoms with Gasteiger partial charge in [0.25, 0.3) is 0 Å². The van der Waals surface area contributed by atoms with Gasteiger partial charge in [-0.15, -0.1) is 0 Å². The number of fused-ring (bicyclic) bond motifs is 1. The van der Waals surface area contributed by atoms with Gasteiger partial charge in [-0.05, 0) is 52.6 Å². The number of aliphatic carboxylic acids is 1. The number of hydrogen-bond acceptors (Lipinski definition) is 9. The van der Waals surface area contributed by atoms with Crippen molar-refractivity contribution < 1.29 is 39.5 Å². The third-order valence-corrected chi connectivity index (χ3v) is 9.10. The van der Waals surface area contributed by atoms with Gasteiger partial charge in [-0.3, -0.25) is 4.79 Å². The number of carbonyl (C=O) groups excluding carboxylic acids is 1. The van der Waals surface area contributed by atoms with Crippen LogP contribution in [-0.4, -0.2) is 51.1 Å². The van der Waals surface area contributed by atoms with E-state index in [0.717, 1.165) is 16.7 Å². The summed E-state index contributed by atoms with van der Waals surface area (Å²) in [5.74, 6) is -0.545. The van der Waals surface area contributed by atoms with Gasteiger partial charge in [0.1, 0.15) is 23.9 Å². The molecular formula is C42H40N4O9. The Hall–Kier alpha value is -6.67. The molecule has 2 atom stereocenters. The van der Waals surface area contributed by atoms with E-state index in [1.807, 2.05) is 24.3 Å². The second kappa shape index (κ2) is 17.0. The Bertz CT molecular complexity index is 2350. The van der Waals surface area contributed by atoms with Gasteiger partial charge in [-0.1, -0.05) is 78.9 Å². The van der Waals surface area contributed by atoms with Gasteiger partial charge in [-0.25, -0.2) is 9.59 Å². The maximum atomic E-state index is 12.7. The van der Waals surface area contributed by atoms with E-state index < -0.39 is 23.7 Å². The predicted octanol–water partition coefficient (Wildman–Crippen LogP) is 5.29. The highest BCUT2D eigenvalue weighted by Crippen LogP contribution is 2.33. The molecule has 6 aromatic rings. The first kappa shape index (κ1) is 38.1. The van der Waals surface area contributed by atoms with Crippen LogP contribution in [0, 0.1) is 0 Å². The molecule has 0 aliphatic carbocycles. The molecule has 13 nitrogen and oxygen atoms in total. The lowest BCUT2D eigenvalue weighted by Gasteiger charge is -2.25. The number of carboxylic acid groups (broad SMARTS) is 1. The summed E-state index contributed by atoms with van der Waals surface area (Å²) in [4.78, 5) is 39.2. The smallest absolute Gasteiger partial charge is 0.345 e. The number of aromatic hydroxyl groups is 1. The van der Waals surface area contributed by atoms with Crippen LogP contribution in [0.3, 0.4) is 0 Å². The molecule has 8 N–H and O–H groups in total. The number of ether oxygens (including phenoxy) is 2.